The summed E-state index contributed by atoms with van der Waals surface area (Å²) in [6.07, 6.45) is 4.01. The van der Waals surface area contributed by atoms with Crippen LogP contribution in [0.1, 0.15) is 12.8 Å². The maximum atomic E-state index is 12.0. The van der Waals surface area contributed by atoms with Crippen molar-refractivity contribution in [1.29, 1.82) is 0 Å². The summed E-state index contributed by atoms with van der Waals surface area (Å²) in [4.78, 5) is 14.2. The largest absolute Gasteiger partial charge is 0.381 e. The molecule has 6 nitrogen and oxygen atoms in total. The minimum atomic E-state index is -0.119. The van der Waals surface area contributed by atoms with Gasteiger partial charge in [0.05, 0.1) is 24.5 Å². The Bertz CT molecular complexity index is 518. The summed E-state index contributed by atoms with van der Waals surface area (Å²) in [6.45, 7) is 6.30. The lowest BCUT2D eigenvalue weighted by Gasteiger charge is -2.32. The van der Waals surface area contributed by atoms with Gasteiger partial charge in [0.2, 0.25) is 0 Å². The Morgan fingerprint density at radius 1 is 1.55 bits per heavy atom. The first-order valence-electron chi connectivity index (χ1n) is 6.85. The second-order valence-electron chi connectivity index (χ2n) is 5.09. The molecule has 0 aliphatic carbocycles. The molecule has 1 aliphatic heterocycles. The molecule has 0 spiro atoms. The van der Waals surface area contributed by atoms with Crippen LogP contribution >= 0.6 is 0 Å². The van der Waals surface area contributed by atoms with Crippen molar-refractivity contribution in [3.05, 3.63) is 34.8 Å². The second kappa shape index (κ2) is 6.67. The first-order valence-corrected chi connectivity index (χ1v) is 6.85. The summed E-state index contributed by atoms with van der Waals surface area (Å²) in [7, 11) is 1.74. The standard InChI is InChI=1S/C14H22N4O2/c1-11(8-15)10-18-14(19)7-12(9-16-18)17-5-3-13(20-2)4-6-17/h7,9,13H,1,3-6,8,10,15H2,2H3. The molecular weight excluding hydrogens is 256 g/mol. The van der Waals surface area contributed by atoms with Crippen LogP contribution in [0.3, 0.4) is 0 Å². The lowest BCUT2D eigenvalue weighted by atomic mass is 10.1. The van der Waals surface area contributed by atoms with Gasteiger partial charge in [0.1, 0.15) is 0 Å². The average molecular weight is 278 g/mol. The predicted octanol–water partition coefficient (Wildman–Crippen LogP) is 0.373. The van der Waals surface area contributed by atoms with Crippen LogP contribution in [0.15, 0.2) is 29.2 Å². The fraction of sp³-hybridized carbons (Fsp3) is 0.571. The van der Waals surface area contributed by atoms with Gasteiger partial charge >= 0.3 is 0 Å². The Hall–Kier alpha value is -1.66. The Balaban J connectivity index is 2.06. The monoisotopic (exact) mass is 278 g/mol. The topological polar surface area (TPSA) is 73.4 Å². The SMILES string of the molecule is C=C(CN)Cn1ncc(N2CCC(OC)CC2)cc1=O. The second-order valence-corrected chi connectivity index (χ2v) is 5.09. The number of piperidine rings is 1. The van der Waals surface area contributed by atoms with E-state index in [-0.39, 0.29) is 5.56 Å². The maximum absolute atomic E-state index is 12.0. The Morgan fingerprint density at radius 3 is 2.80 bits per heavy atom. The van der Waals surface area contributed by atoms with Crippen LogP contribution in [0.5, 0.6) is 0 Å². The zero-order valence-corrected chi connectivity index (χ0v) is 11.9. The first-order chi connectivity index (χ1) is 9.63. The molecule has 0 radical (unpaired) electrons. The van der Waals surface area contributed by atoms with Gasteiger partial charge in [0.15, 0.2) is 0 Å². The Kier molecular flexibility index (Phi) is 4.92. The lowest BCUT2D eigenvalue weighted by molar-refractivity contribution is 0.0819. The van der Waals surface area contributed by atoms with Crippen molar-refractivity contribution in [2.45, 2.75) is 25.5 Å². The van der Waals surface area contributed by atoms with E-state index in [0.717, 1.165) is 37.2 Å². The van der Waals surface area contributed by atoms with Gasteiger partial charge in [-0.2, -0.15) is 5.10 Å². The smallest absolute Gasteiger partial charge is 0.269 e. The van der Waals surface area contributed by atoms with Crippen molar-refractivity contribution in [2.24, 2.45) is 5.73 Å². The van der Waals surface area contributed by atoms with Gasteiger partial charge < -0.3 is 15.4 Å². The maximum Gasteiger partial charge on any atom is 0.269 e. The number of hydrogen-bond donors (Lipinski definition) is 1. The van der Waals surface area contributed by atoms with Crippen LogP contribution in [0.25, 0.3) is 0 Å². The van der Waals surface area contributed by atoms with E-state index in [1.807, 2.05) is 0 Å². The van der Waals surface area contributed by atoms with Crippen LogP contribution in [0.4, 0.5) is 5.69 Å². The number of aromatic nitrogens is 2. The molecule has 0 saturated carbocycles. The Morgan fingerprint density at radius 2 is 2.25 bits per heavy atom. The molecule has 1 aromatic rings. The van der Waals surface area contributed by atoms with Crippen LogP contribution in [0, 0.1) is 0 Å². The number of nitrogens with two attached hydrogens (primary N) is 1. The quantitative estimate of drug-likeness (QED) is 0.788. The third-order valence-corrected chi connectivity index (χ3v) is 3.66. The molecule has 1 aliphatic rings. The summed E-state index contributed by atoms with van der Waals surface area (Å²) in [6, 6.07) is 1.63. The first kappa shape index (κ1) is 14.7. The molecule has 0 amide bonds. The van der Waals surface area contributed by atoms with Crippen molar-refractivity contribution in [3.8, 4) is 0 Å². The van der Waals surface area contributed by atoms with Crippen molar-refractivity contribution < 1.29 is 4.74 Å². The van der Waals surface area contributed by atoms with E-state index >= 15 is 0 Å². The van der Waals surface area contributed by atoms with Crippen molar-refractivity contribution in [2.75, 3.05) is 31.6 Å². The van der Waals surface area contributed by atoms with Gasteiger partial charge in [0.25, 0.3) is 5.56 Å². The third-order valence-electron chi connectivity index (χ3n) is 3.66. The zero-order valence-electron chi connectivity index (χ0n) is 11.9. The van der Waals surface area contributed by atoms with Crippen molar-refractivity contribution in [1.82, 2.24) is 9.78 Å². The van der Waals surface area contributed by atoms with Crippen LogP contribution in [0.2, 0.25) is 0 Å². The van der Waals surface area contributed by atoms with E-state index in [9.17, 15) is 4.79 Å². The van der Waals surface area contributed by atoms with Gasteiger partial charge in [-0.05, 0) is 18.4 Å². The molecule has 0 aromatic carbocycles. The molecule has 1 fully saturated rings. The van der Waals surface area contributed by atoms with Crippen LogP contribution in [-0.4, -0.2) is 42.6 Å². The van der Waals surface area contributed by atoms with Crippen molar-refractivity contribution in [3.63, 3.8) is 0 Å². The highest BCUT2D eigenvalue weighted by molar-refractivity contribution is 5.43. The summed E-state index contributed by atoms with van der Waals surface area (Å²) in [5.74, 6) is 0. The van der Waals surface area contributed by atoms with Crippen LogP contribution < -0.4 is 16.2 Å². The molecule has 1 saturated heterocycles. The number of rotatable bonds is 5. The molecule has 1 aromatic heterocycles. The fourth-order valence-corrected chi connectivity index (χ4v) is 2.34. The molecule has 20 heavy (non-hydrogen) atoms. The van der Waals surface area contributed by atoms with Gasteiger partial charge in [-0.1, -0.05) is 6.58 Å². The summed E-state index contributed by atoms with van der Waals surface area (Å²) >= 11 is 0. The molecule has 0 unspecified atom stereocenters. The molecular formula is C14H22N4O2. The van der Waals surface area contributed by atoms with Gasteiger partial charge in [0, 0.05) is 32.8 Å². The lowest BCUT2D eigenvalue weighted by Crippen LogP contribution is -2.37. The predicted molar refractivity (Wildman–Crippen MR) is 78.9 cm³/mol. The van der Waals surface area contributed by atoms with Crippen molar-refractivity contribution >= 4 is 5.69 Å². The zero-order chi connectivity index (χ0) is 14.5. The highest BCUT2D eigenvalue weighted by atomic mass is 16.5. The number of nitrogens with zero attached hydrogens (tertiary/aromatic N) is 3. The number of methoxy groups -OCH3 is 1. The van der Waals surface area contributed by atoms with E-state index < -0.39 is 0 Å². The molecule has 0 bridgehead atoms. The van der Waals surface area contributed by atoms with Crippen LogP contribution in [-0.2, 0) is 11.3 Å². The minimum Gasteiger partial charge on any atom is -0.381 e. The van der Waals surface area contributed by atoms with E-state index in [1.165, 1.54) is 4.68 Å². The normalized spacial score (nSPS) is 16.4. The highest BCUT2D eigenvalue weighted by Gasteiger charge is 2.19. The Labute approximate surface area is 118 Å². The highest BCUT2D eigenvalue weighted by Crippen LogP contribution is 2.18. The van der Waals surface area contributed by atoms with E-state index in [1.54, 1.807) is 19.4 Å². The molecule has 2 N–H and O–H groups in total. The van der Waals surface area contributed by atoms with Gasteiger partial charge in [-0.25, -0.2) is 4.68 Å². The summed E-state index contributed by atoms with van der Waals surface area (Å²) in [5, 5.41) is 4.20. The molecule has 6 heteroatoms. The van der Waals surface area contributed by atoms with Gasteiger partial charge in [-0.3, -0.25) is 4.79 Å². The van der Waals surface area contributed by atoms with E-state index in [4.69, 9.17) is 10.5 Å². The molecule has 2 rings (SSSR count). The van der Waals surface area contributed by atoms with E-state index in [2.05, 4.69) is 16.6 Å². The number of ether oxygens (including phenoxy) is 1. The molecule has 2 heterocycles. The summed E-state index contributed by atoms with van der Waals surface area (Å²) < 4.78 is 6.73. The summed E-state index contributed by atoms with van der Waals surface area (Å²) in [5.41, 5.74) is 7.02. The number of hydrogen-bond acceptors (Lipinski definition) is 5. The van der Waals surface area contributed by atoms with E-state index in [0.29, 0.717) is 19.2 Å². The van der Waals surface area contributed by atoms with Gasteiger partial charge in [-0.15, -0.1) is 0 Å². The average Bonchev–Trinajstić information content (AvgIpc) is 2.49. The molecule has 0 atom stereocenters. The third kappa shape index (κ3) is 3.46. The fourth-order valence-electron chi connectivity index (χ4n) is 2.34. The number of anilines is 1. The molecule has 110 valence electrons. The minimum absolute atomic E-state index is 0.119.